The first-order chi connectivity index (χ1) is 36.0. The van der Waals surface area contributed by atoms with Crippen LogP contribution in [0.4, 0.5) is 0 Å². The molecule has 0 aromatic carbocycles. The van der Waals surface area contributed by atoms with E-state index in [2.05, 4.69) is 23.3 Å². The number of aliphatic hydroxyl groups is 4. The minimum absolute atomic E-state index is 0.255. The van der Waals surface area contributed by atoms with Crippen LogP contribution in [0.15, 0.2) is 12.2 Å². The van der Waals surface area contributed by atoms with Crippen LogP contribution in [0.25, 0.3) is 0 Å². The SMILES string of the molecule is CCCCCCCCCCCCCCC/C=C/C(O)C(COC1OC(CO)C(O)C(OS(=O)(=O)O)C1O)NC(=O)CCCCCCCCCCCCCCCCCCCCCCCCCCCCCCCCCC. The second kappa shape index (κ2) is 51.3. The monoisotopic (exact) mass is 1070 g/mol. The Morgan fingerprint density at radius 2 is 0.851 bits per heavy atom. The van der Waals surface area contributed by atoms with Crippen molar-refractivity contribution < 1.29 is 51.8 Å². The molecule has 6 N–H and O–H groups in total. The Labute approximate surface area is 455 Å². The number of unbranched alkanes of at least 4 members (excludes halogenated alkanes) is 44. The first-order valence-corrected chi connectivity index (χ1v) is 32.9. The number of hydrogen-bond donors (Lipinski definition) is 6. The maximum absolute atomic E-state index is 13.1. The summed E-state index contributed by atoms with van der Waals surface area (Å²) in [7, 11) is -5.09. The molecule has 1 aliphatic heterocycles. The predicted octanol–water partition coefficient (Wildman–Crippen LogP) is 15.4. The second-order valence-corrected chi connectivity index (χ2v) is 23.4. The van der Waals surface area contributed by atoms with Crippen LogP contribution in [0.2, 0.25) is 0 Å². The smallest absolute Gasteiger partial charge is 0.394 e. The summed E-state index contributed by atoms with van der Waals surface area (Å²) in [4.78, 5) is 13.1. The molecule has 1 saturated heterocycles. The highest BCUT2D eigenvalue weighted by Crippen LogP contribution is 2.26. The van der Waals surface area contributed by atoms with Gasteiger partial charge in [0, 0.05) is 6.42 Å². The molecule has 1 heterocycles. The molecule has 0 spiro atoms. The van der Waals surface area contributed by atoms with Crippen molar-refractivity contribution >= 4 is 16.3 Å². The van der Waals surface area contributed by atoms with Crippen molar-refractivity contribution in [3.8, 4) is 0 Å². The van der Waals surface area contributed by atoms with Gasteiger partial charge in [0.05, 0.1) is 25.4 Å². The van der Waals surface area contributed by atoms with Crippen molar-refractivity contribution in [3.05, 3.63) is 12.2 Å². The lowest BCUT2D eigenvalue weighted by Crippen LogP contribution is -2.61. The van der Waals surface area contributed by atoms with E-state index in [4.69, 9.17) is 9.47 Å². The summed E-state index contributed by atoms with van der Waals surface area (Å²) in [5.41, 5.74) is 0. The molecule has 0 bridgehead atoms. The van der Waals surface area contributed by atoms with E-state index in [0.717, 1.165) is 38.5 Å². The Balaban J connectivity index is 2.22. The van der Waals surface area contributed by atoms with Crippen molar-refractivity contribution in [3.63, 3.8) is 0 Å². The number of allylic oxidation sites excluding steroid dienone is 1. The maximum Gasteiger partial charge on any atom is 0.397 e. The number of aliphatic hydroxyl groups excluding tert-OH is 4. The lowest BCUT2D eigenvalue weighted by Gasteiger charge is -2.41. The number of ether oxygens (including phenoxy) is 2. The zero-order chi connectivity index (χ0) is 54.0. The van der Waals surface area contributed by atoms with Crippen LogP contribution >= 0.6 is 0 Å². The quantitative estimate of drug-likeness (QED) is 0.0193. The fourth-order valence-electron chi connectivity index (χ4n) is 10.5. The topological polar surface area (TPSA) is 192 Å². The summed E-state index contributed by atoms with van der Waals surface area (Å²) in [6, 6.07) is -0.940. The Kier molecular flexibility index (Phi) is 49.1. The van der Waals surface area contributed by atoms with Crippen LogP contribution < -0.4 is 5.32 Å². The van der Waals surface area contributed by atoms with E-state index >= 15 is 0 Å². The van der Waals surface area contributed by atoms with Gasteiger partial charge >= 0.3 is 10.4 Å². The van der Waals surface area contributed by atoms with Gasteiger partial charge in [-0.05, 0) is 19.3 Å². The van der Waals surface area contributed by atoms with Crippen LogP contribution in [-0.4, -0.2) is 95.4 Å². The molecule has 1 rings (SSSR count). The van der Waals surface area contributed by atoms with Crippen LogP contribution in [0.5, 0.6) is 0 Å². The first-order valence-electron chi connectivity index (χ1n) is 31.6. The summed E-state index contributed by atoms with van der Waals surface area (Å²) in [6.07, 6.45) is 54.3. The third-order valence-corrected chi connectivity index (χ3v) is 15.8. The normalized spacial score (nSPS) is 19.1. The van der Waals surface area contributed by atoms with Gasteiger partial charge in [-0.15, -0.1) is 0 Å². The fourth-order valence-corrected chi connectivity index (χ4v) is 11.0. The first kappa shape index (κ1) is 70.9. The Morgan fingerprint density at radius 1 is 0.527 bits per heavy atom. The van der Waals surface area contributed by atoms with Crippen molar-refractivity contribution in [1.82, 2.24) is 5.32 Å². The average Bonchev–Trinajstić information content (AvgIpc) is 3.38. The number of carbonyl (C=O) groups is 1. The second-order valence-electron chi connectivity index (χ2n) is 22.4. The number of rotatable bonds is 56. The molecule has 13 heteroatoms. The lowest BCUT2D eigenvalue weighted by molar-refractivity contribution is -0.298. The zero-order valence-electron chi connectivity index (χ0n) is 47.9. The summed E-state index contributed by atoms with van der Waals surface area (Å²) >= 11 is 0. The Hall–Kier alpha value is -1.16. The van der Waals surface area contributed by atoms with Gasteiger partial charge in [0.25, 0.3) is 0 Å². The third-order valence-electron chi connectivity index (χ3n) is 15.3. The minimum atomic E-state index is -5.09. The van der Waals surface area contributed by atoms with Crippen molar-refractivity contribution in [2.24, 2.45) is 0 Å². The highest BCUT2D eigenvalue weighted by Gasteiger charge is 2.48. The van der Waals surface area contributed by atoms with E-state index in [1.54, 1.807) is 6.08 Å². The molecule has 1 amide bonds. The van der Waals surface area contributed by atoms with Gasteiger partial charge in [0.1, 0.15) is 24.4 Å². The number of carbonyl (C=O) groups excluding carboxylic acids is 1. The largest absolute Gasteiger partial charge is 0.397 e. The molecule has 0 aromatic rings. The zero-order valence-corrected chi connectivity index (χ0v) is 48.8. The standard InChI is InChI=1S/C61H119NO11S/c1-3-5-7-9-11-13-15-17-19-20-21-22-23-24-25-26-27-28-29-30-31-32-33-34-35-37-39-41-43-45-47-49-51-57(65)62-54(53-71-61-59(67)60(73-74(68,69)70)58(66)56(52-63)72-61)55(64)50-48-46-44-42-40-38-36-18-16-14-12-10-8-6-4-2/h48,50,54-56,58-61,63-64,66-67H,3-47,49,51-53H2,1-2H3,(H,62,65)(H,68,69,70)/b50-48+. The highest BCUT2D eigenvalue weighted by molar-refractivity contribution is 7.80. The molecular weight excluding hydrogens is 955 g/mol. The summed E-state index contributed by atoms with van der Waals surface area (Å²) in [5.74, 6) is -0.255. The Morgan fingerprint density at radius 3 is 1.18 bits per heavy atom. The van der Waals surface area contributed by atoms with Crippen LogP contribution in [0, 0.1) is 0 Å². The van der Waals surface area contributed by atoms with Crippen molar-refractivity contribution in [2.75, 3.05) is 13.2 Å². The number of hydrogen-bond acceptors (Lipinski definition) is 10. The lowest BCUT2D eigenvalue weighted by atomic mass is 9.99. The van der Waals surface area contributed by atoms with Crippen LogP contribution in [-0.2, 0) is 28.9 Å². The minimum Gasteiger partial charge on any atom is -0.394 e. The molecule has 12 nitrogen and oxygen atoms in total. The van der Waals surface area contributed by atoms with Gasteiger partial charge in [0.15, 0.2) is 6.29 Å². The fraction of sp³-hybridized carbons (Fsp3) is 0.951. The van der Waals surface area contributed by atoms with Gasteiger partial charge in [-0.1, -0.05) is 302 Å². The van der Waals surface area contributed by atoms with E-state index in [0.29, 0.717) is 6.42 Å². The molecule has 1 aliphatic rings. The molecular formula is C61H119NO11S. The van der Waals surface area contributed by atoms with E-state index in [9.17, 15) is 38.2 Å². The van der Waals surface area contributed by atoms with E-state index in [-0.39, 0.29) is 18.9 Å². The molecule has 0 radical (unpaired) electrons. The van der Waals surface area contributed by atoms with Crippen LogP contribution in [0.1, 0.15) is 316 Å². The predicted molar refractivity (Wildman–Crippen MR) is 306 cm³/mol. The maximum atomic E-state index is 13.1. The molecule has 1 fully saturated rings. The summed E-state index contributed by atoms with van der Waals surface area (Å²) in [6.45, 7) is 3.44. The molecule has 0 saturated carbocycles. The third kappa shape index (κ3) is 42.8. The highest BCUT2D eigenvalue weighted by atomic mass is 32.3. The van der Waals surface area contributed by atoms with Crippen LogP contribution in [0.3, 0.4) is 0 Å². The van der Waals surface area contributed by atoms with Crippen molar-refractivity contribution in [2.45, 2.75) is 358 Å². The number of amides is 1. The van der Waals surface area contributed by atoms with E-state index in [1.165, 1.54) is 250 Å². The van der Waals surface area contributed by atoms with E-state index in [1.807, 2.05) is 6.08 Å². The molecule has 440 valence electrons. The Bertz CT molecular complexity index is 1350. The van der Waals surface area contributed by atoms with Gasteiger partial charge in [0.2, 0.25) is 5.91 Å². The summed E-state index contributed by atoms with van der Waals surface area (Å²) < 4.78 is 47.9. The number of nitrogens with one attached hydrogen (secondary N) is 1. The van der Waals surface area contributed by atoms with Gasteiger partial charge < -0.3 is 35.2 Å². The van der Waals surface area contributed by atoms with Gasteiger partial charge in [-0.2, -0.15) is 8.42 Å². The molecule has 0 aromatic heterocycles. The average molecular weight is 1070 g/mol. The molecule has 7 atom stereocenters. The molecule has 7 unspecified atom stereocenters. The summed E-state index contributed by atoms with van der Waals surface area (Å²) in [5, 5.41) is 45.0. The van der Waals surface area contributed by atoms with Gasteiger partial charge in [-0.3, -0.25) is 9.35 Å². The molecule has 0 aliphatic carbocycles. The van der Waals surface area contributed by atoms with Gasteiger partial charge in [-0.25, -0.2) is 4.18 Å². The molecule has 74 heavy (non-hydrogen) atoms. The van der Waals surface area contributed by atoms with E-state index < -0.39 is 59.9 Å². The van der Waals surface area contributed by atoms with Crippen molar-refractivity contribution in [1.29, 1.82) is 0 Å².